The van der Waals surface area contributed by atoms with Crippen LogP contribution in [0, 0.1) is 5.92 Å². The molecule has 0 spiro atoms. The standard InChI is InChI=1S/C14H29N3O/c1-4-16(5-2)14(18)11-17(6-3)13-9-7-8-12(13)10-15/h12-13H,4-11,15H2,1-3H3. The molecule has 2 N–H and O–H groups in total. The van der Waals surface area contributed by atoms with Gasteiger partial charge in [0.15, 0.2) is 0 Å². The lowest BCUT2D eigenvalue weighted by molar-refractivity contribution is -0.132. The van der Waals surface area contributed by atoms with Crippen molar-refractivity contribution in [3.05, 3.63) is 0 Å². The molecule has 0 aromatic carbocycles. The van der Waals surface area contributed by atoms with Crippen LogP contribution < -0.4 is 5.73 Å². The Kier molecular flexibility index (Phi) is 6.65. The highest BCUT2D eigenvalue weighted by atomic mass is 16.2. The fourth-order valence-electron chi connectivity index (χ4n) is 3.09. The van der Waals surface area contributed by atoms with Crippen LogP contribution in [0.4, 0.5) is 0 Å². The highest BCUT2D eigenvalue weighted by molar-refractivity contribution is 5.78. The number of hydrogen-bond donors (Lipinski definition) is 1. The van der Waals surface area contributed by atoms with E-state index in [1.807, 2.05) is 18.7 Å². The molecule has 0 aromatic rings. The molecule has 0 heterocycles. The van der Waals surface area contributed by atoms with Gasteiger partial charge >= 0.3 is 0 Å². The third-order valence-electron chi connectivity index (χ3n) is 4.25. The molecule has 18 heavy (non-hydrogen) atoms. The van der Waals surface area contributed by atoms with Crippen molar-refractivity contribution in [2.45, 2.75) is 46.1 Å². The topological polar surface area (TPSA) is 49.6 Å². The molecule has 1 aliphatic rings. The number of carbonyl (C=O) groups excluding carboxylic acids is 1. The third kappa shape index (κ3) is 3.69. The zero-order valence-electron chi connectivity index (χ0n) is 12.2. The summed E-state index contributed by atoms with van der Waals surface area (Å²) in [5.74, 6) is 0.832. The van der Waals surface area contributed by atoms with Crippen molar-refractivity contribution in [3.63, 3.8) is 0 Å². The first-order valence-corrected chi connectivity index (χ1v) is 7.39. The number of likely N-dealkylation sites (N-methyl/N-ethyl adjacent to an activating group) is 2. The predicted molar refractivity (Wildman–Crippen MR) is 75.4 cm³/mol. The molecule has 0 saturated heterocycles. The minimum Gasteiger partial charge on any atom is -0.342 e. The molecule has 2 unspecified atom stereocenters. The van der Waals surface area contributed by atoms with Gasteiger partial charge in [-0.3, -0.25) is 9.69 Å². The average molecular weight is 255 g/mol. The van der Waals surface area contributed by atoms with Crippen LogP contribution in [0.1, 0.15) is 40.0 Å². The normalized spacial score (nSPS) is 23.6. The van der Waals surface area contributed by atoms with Crippen molar-refractivity contribution < 1.29 is 4.79 Å². The maximum Gasteiger partial charge on any atom is 0.236 e. The monoisotopic (exact) mass is 255 g/mol. The Morgan fingerprint density at radius 2 is 1.83 bits per heavy atom. The van der Waals surface area contributed by atoms with Gasteiger partial charge in [-0.25, -0.2) is 0 Å². The molecule has 1 amide bonds. The molecule has 1 rings (SSSR count). The smallest absolute Gasteiger partial charge is 0.236 e. The van der Waals surface area contributed by atoms with Gasteiger partial charge in [0.25, 0.3) is 0 Å². The SMILES string of the molecule is CCN(CC)C(=O)CN(CC)C1CCCC1CN. The lowest BCUT2D eigenvalue weighted by Crippen LogP contribution is -2.46. The summed E-state index contributed by atoms with van der Waals surface area (Å²) in [7, 11) is 0. The van der Waals surface area contributed by atoms with E-state index in [9.17, 15) is 4.79 Å². The number of nitrogens with zero attached hydrogens (tertiary/aromatic N) is 2. The van der Waals surface area contributed by atoms with Crippen molar-refractivity contribution in [2.75, 3.05) is 32.7 Å². The van der Waals surface area contributed by atoms with Crippen LogP contribution in [-0.4, -0.2) is 54.5 Å². The lowest BCUT2D eigenvalue weighted by atomic mass is 10.0. The number of carbonyl (C=O) groups is 1. The Morgan fingerprint density at radius 3 is 2.33 bits per heavy atom. The van der Waals surface area contributed by atoms with Gasteiger partial charge in [0.1, 0.15) is 0 Å². The molecule has 0 bridgehead atoms. The zero-order valence-corrected chi connectivity index (χ0v) is 12.2. The number of nitrogens with two attached hydrogens (primary N) is 1. The number of hydrogen-bond acceptors (Lipinski definition) is 3. The fourth-order valence-corrected chi connectivity index (χ4v) is 3.09. The number of rotatable bonds is 7. The summed E-state index contributed by atoms with van der Waals surface area (Å²) in [5, 5.41) is 0. The van der Waals surface area contributed by atoms with Crippen molar-refractivity contribution >= 4 is 5.91 Å². The van der Waals surface area contributed by atoms with Crippen molar-refractivity contribution in [3.8, 4) is 0 Å². The van der Waals surface area contributed by atoms with Gasteiger partial charge in [0.05, 0.1) is 6.54 Å². The van der Waals surface area contributed by atoms with Crippen LogP contribution in [0.15, 0.2) is 0 Å². The van der Waals surface area contributed by atoms with E-state index in [0.717, 1.165) is 26.2 Å². The maximum absolute atomic E-state index is 12.2. The van der Waals surface area contributed by atoms with Gasteiger partial charge < -0.3 is 10.6 Å². The van der Waals surface area contributed by atoms with Crippen molar-refractivity contribution in [1.29, 1.82) is 0 Å². The summed E-state index contributed by atoms with van der Waals surface area (Å²) in [6.07, 6.45) is 3.67. The molecule has 1 fully saturated rings. The van der Waals surface area contributed by atoms with E-state index in [4.69, 9.17) is 5.73 Å². The minimum atomic E-state index is 0.254. The third-order valence-corrected chi connectivity index (χ3v) is 4.25. The summed E-state index contributed by atoms with van der Waals surface area (Å²) < 4.78 is 0. The highest BCUT2D eigenvalue weighted by Crippen LogP contribution is 2.29. The first-order valence-electron chi connectivity index (χ1n) is 7.39. The molecule has 4 heteroatoms. The van der Waals surface area contributed by atoms with Crippen LogP contribution in [0.3, 0.4) is 0 Å². The Labute approximate surface area is 111 Å². The summed E-state index contributed by atoms with van der Waals surface area (Å²) in [6, 6.07) is 0.513. The van der Waals surface area contributed by atoms with Crippen LogP contribution in [0.25, 0.3) is 0 Å². The molecule has 0 radical (unpaired) electrons. The molecule has 2 atom stereocenters. The molecule has 1 saturated carbocycles. The Hall–Kier alpha value is -0.610. The van der Waals surface area contributed by atoms with Gasteiger partial charge in [-0.15, -0.1) is 0 Å². The first-order chi connectivity index (χ1) is 8.67. The van der Waals surface area contributed by atoms with Gasteiger partial charge in [-0.2, -0.15) is 0 Å². The van der Waals surface area contributed by atoms with E-state index in [-0.39, 0.29) is 5.91 Å². The molecule has 106 valence electrons. The van der Waals surface area contributed by atoms with E-state index < -0.39 is 0 Å². The highest BCUT2D eigenvalue weighted by Gasteiger charge is 2.31. The molecule has 0 aliphatic heterocycles. The molecule has 0 aromatic heterocycles. The van der Waals surface area contributed by atoms with Crippen LogP contribution in [-0.2, 0) is 4.79 Å². The van der Waals surface area contributed by atoms with E-state index in [2.05, 4.69) is 11.8 Å². The summed E-state index contributed by atoms with van der Waals surface area (Å²) in [4.78, 5) is 16.4. The summed E-state index contributed by atoms with van der Waals surface area (Å²) in [5.41, 5.74) is 5.84. The maximum atomic E-state index is 12.2. The second-order valence-electron chi connectivity index (χ2n) is 5.12. The van der Waals surface area contributed by atoms with Crippen molar-refractivity contribution in [1.82, 2.24) is 9.80 Å². The number of amides is 1. The molecule has 4 nitrogen and oxygen atoms in total. The fraction of sp³-hybridized carbons (Fsp3) is 0.929. The van der Waals surface area contributed by atoms with Crippen LogP contribution >= 0.6 is 0 Å². The van der Waals surface area contributed by atoms with Crippen LogP contribution in [0.5, 0.6) is 0 Å². The van der Waals surface area contributed by atoms with Gasteiger partial charge in [0.2, 0.25) is 5.91 Å². The largest absolute Gasteiger partial charge is 0.342 e. The van der Waals surface area contributed by atoms with E-state index in [0.29, 0.717) is 18.5 Å². The van der Waals surface area contributed by atoms with Crippen molar-refractivity contribution in [2.24, 2.45) is 11.7 Å². The molecular formula is C14H29N3O. The second-order valence-corrected chi connectivity index (χ2v) is 5.12. The minimum absolute atomic E-state index is 0.254. The average Bonchev–Trinajstić information content (AvgIpc) is 2.85. The van der Waals surface area contributed by atoms with Gasteiger partial charge in [-0.1, -0.05) is 13.3 Å². The van der Waals surface area contributed by atoms with Gasteiger partial charge in [-0.05, 0) is 45.7 Å². The Bertz CT molecular complexity index is 253. The van der Waals surface area contributed by atoms with E-state index >= 15 is 0 Å². The van der Waals surface area contributed by atoms with Crippen LogP contribution in [0.2, 0.25) is 0 Å². The Balaban J connectivity index is 2.58. The van der Waals surface area contributed by atoms with Gasteiger partial charge in [0, 0.05) is 19.1 Å². The van der Waals surface area contributed by atoms with E-state index in [1.54, 1.807) is 0 Å². The zero-order chi connectivity index (χ0) is 13.5. The quantitative estimate of drug-likeness (QED) is 0.746. The van der Waals surface area contributed by atoms with E-state index in [1.165, 1.54) is 19.3 Å². The predicted octanol–water partition coefficient (Wildman–Crippen LogP) is 1.30. The second kappa shape index (κ2) is 7.74. The lowest BCUT2D eigenvalue weighted by Gasteiger charge is -2.32. The first kappa shape index (κ1) is 15.4. The Morgan fingerprint density at radius 1 is 1.17 bits per heavy atom. The summed E-state index contributed by atoms with van der Waals surface area (Å²) in [6.45, 7) is 10.1. The molecule has 1 aliphatic carbocycles. The summed E-state index contributed by atoms with van der Waals surface area (Å²) >= 11 is 0. The molecular weight excluding hydrogens is 226 g/mol.